The first-order valence-corrected chi connectivity index (χ1v) is 8.91. The molecule has 1 aliphatic rings. The Morgan fingerprint density at radius 3 is 2.92 bits per heavy atom. The summed E-state index contributed by atoms with van der Waals surface area (Å²) in [6.07, 6.45) is 3.85. The lowest BCUT2D eigenvalue weighted by molar-refractivity contribution is -0.133. The van der Waals surface area contributed by atoms with Crippen LogP contribution < -0.4 is 4.74 Å². The second-order valence-electron chi connectivity index (χ2n) is 6.28. The first kappa shape index (κ1) is 17.5. The summed E-state index contributed by atoms with van der Waals surface area (Å²) in [5.41, 5.74) is 2.21. The van der Waals surface area contributed by atoms with Crippen molar-refractivity contribution in [3.63, 3.8) is 0 Å². The topological polar surface area (TPSA) is 50.6 Å². The number of rotatable bonds is 6. The Hall–Kier alpha value is -2.34. The molecule has 2 heterocycles. The molecule has 0 radical (unpaired) electrons. The number of likely N-dealkylation sites (N-methyl/N-ethyl adjacent to an activating group) is 1. The van der Waals surface area contributed by atoms with Crippen molar-refractivity contribution in [3.8, 4) is 5.75 Å². The molecule has 3 rings (SSSR count). The largest absolute Gasteiger partial charge is 0.492 e. The molecule has 1 aliphatic heterocycles. The molecule has 25 heavy (non-hydrogen) atoms. The van der Waals surface area contributed by atoms with Crippen LogP contribution in [0.4, 0.5) is 0 Å². The summed E-state index contributed by atoms with van der Waals surface area (Å²) in [7, 11) is 0. The first-order chi connectivity index (χ1) is 12.2. The van der Waals surface area contributed by atoms with Crippen LogP contribution in [0.3, 0.4) is 0 Å². The van der Waals surface area contributed by atoms with E-state index in [1.807, 2.05) is 47.1 Å². The molecular formula is C19H26N4O2. The fourth-order valence-corrected chi connectivity index (χ4v) is 3.06. The number of hydrogen-bond acceptors (Lipinski definition) is 4. The molecule has 0 aliphatic carbocycles. The number of para-hydroxylation sites is 1. The van der Waals surface area contributed by atoms with Crippen LogP contribution in [0.15, 0.2) is 36.7 Å². The maximum atomic E-state index is 12.8. The highest BCUT2D eigenvalue weighted by atomic mass is 16.5. The Morgan fingerprint density at radius 2 is 2.16 bits per heavy atom. The summed E-state index contributed by atoms with van der Waals surface area (Å²) < 4.78 is 7.67. The van der Waals surface area contributed by atoms with Crippen LogP contribution in [0.1, 0.15) is 25.0 Å². The molecule has 134 valence electrons. The third-order valence-electron chi connectivity index (χ3n) is 4.51. The second-order valence-corrected chi connectivity index (χ2v) is 6.28. The Kier molecular flexibility index (Phi) is 5.71. The van der Waals surface area contributed by atoms with Crippen LogP contribution in [-0.2, 0) is 24.4 Å². The van der Waals surface area contributed by atoms with Crippen LogP contribution in [0.2, 0.25) is 0 Å². The lowest BCUT2D eigenvalue weighted by atomic mass is 10.2. The molecule has 0 unspecified atom stereocenters. The number of ether oxygens (including phenoxy) is 1. The summed E-state index contributed by atoms with van der Waals surface area (Å²) in [6, 6.07) is 8.05. The van der Waals surface area contributed by atoms with Gasteiger partial charge in [-0.1, -0.05) is 18.2 Å². The number of amides is 1. The molecule has 0 atom stereocenters. The van der Waals surface area contributed by atoms with E-state index in [0.717, 1.165) is 36.5 Å². The van der Waals surface area contributed by atoms with Crippen molar-refractivity contribution in [3.05, 3.63) is 47.8 Å². The van der Waals surface area contributed by atoms with Gasteiger partial charge in [0.15, 0.2) is 0 Å². The van der Waals surface area contributed by atoms with Crippen molar-refractivity contribution in [1.29, 1.82) is 0 Å². The van der Waals surface area contributed by atoms with Crippen molar-refractivity contribution in [2.45, 2.75) is 33.5 Å². The van der Waals surface area contributed by atoms with Crippen molar-refractivity contribution < 1.29 is 9.53 Å². The monoisotopic (exact) mass is 342 g/mol. The minimum absolute atomic E-state index is 0.145. The Labute approximate surface area is 149 Å². The SMILES string of the molecule is CCN(Cc1cnn(CC)c1)C(=O)CN1CCOc2ccccc2C1. The van der Waals surface area contributed by atoms with E-state index in [1.54, 1.807) is 0 Å². The molecule has 0 N–H and O–H groups in total. The number of carbonyl (C=O) groups excluding carboxylic acids is 1. The lowest BCUT2D eigenvalue weighted by Crippen LogP contribution is -2.40. The zero-order chi connectivity index (χ0) is 17.6. The minimum Gasteiger partial charge on any atom is -0.492 e. The van der Waals surface area contributed by atoms with Crippen LogP contribution in [-0.4, -0.2) is 51.7 Å². The third kappa shape index (κ3) is 4.39. The Balaban J connectivity index is 1.61. The molecule has 0 saturated carbocycles. The number of aromatic nitrogens is 2. The van der Waals surface area contributed by atoms with Gasteiger partial charge < -0.3 is 9.64 Å². The van der Waals surface area contributed by atoms with Crippen LogP contribution in [0.5, 0.6) is 5.75 Å². The first-order valence-electron chi connectivity index (χ1n) is 8.91. The highest BCUT2D eigenvalue weighted by Crippen LogP contribution is 2.22. The van der Waals surface area contributed by atoms with Gasteiger partial charge in [-0.05, 0) is 19.9 Å². The van der Waals surface area contributed by atoms with Crippen molar-refractivity contribution in [1.82, 2.24) is 19.6 Å². The summed E-state index contributed by atoms with van der Waals surface area (Å²) in [5, 5.41) is 4.29. The summed E-state index contributed by atoms with van der Waals surface area (Å²) in [5.74, 6) is 1.07. The van der Waals surface area contributed by atoms with Gasteiger partial charge in [0.2, 0.25) is 5.91 Å². The number of benzene rings is 1. The van der Waals surface area contributed by atoms with Gasteiger partial charge >= 0.3 is 0 Å². The third-order valence-corrected chi connectivity index (χ3v) is 4.51. The molecule has 0 fully saturated rings. The molecular weight excluding hydrogens is 316 g/mol. The maximum Gasteiger partial charge on any atom is 0.237 e. The predicted molar refractivity (Wildman–Crippen MR) is 96.2 cm³/mol. The maximum absolute atomic E-state index is 12.8. The van der Waals surface area contributed by atoms with Crippen LogP contribution in [0.25, 0.3) is 0 Å². The van der Waals surface area contributed by atoms with Gasteiger partial charge in [-0.2, -0.15) is 5.10 Å². The van der Waals surface area contributed by atoms with Gasteiger partial charge in [0, 0.05) is 50.0 Å². The molecule has 0 saturated heterocycles. The summed E-state index contributed by atoms with van der Waals surface area (Å²) in [6.45, 7) is 8.73. The fraction of sp³-hybridized carbons (Fsp3) is 0.474. The van der Waals surface area contributed by atoms with Crippen molar-refractivity contribution in [2.75, 3.05) is 26.2 Å². The second kappa shape index (κ2) is 8.16. The van der Waals surface area contributed by atoms with E-state index in [4.69, 9.17) is 4.74 Å². The highest BCUT2D eigenvalue weighted by molar-refractivity contribution is 5.78. The van der Waals surface area contributed by atoms with Gasteiger partial charge in [0.25, 0.3) is 0 Å². The highest BCUT2D eigenvalue weighted by Gasteiger charge is 2.20. The number of hydrogen-bond donors (Lipinski definition) is 0. The van der Waals surface area contributed by atoms with E-state index in [9.17, 15) is 4.79 Å². The quantitative estimate of drug-likeness (QED) is 0.807. The van der Waals surface area contributed by atoms with Crippen molar-refractivity contribution in [2.24, 2.45) is 0 Å². The molecule has 6 heteroatoms. The molecule has 1 aromatic carbocycles. The number of fused-ring (bicyclic) bond motifs is 1. The number of nitrogens with zero attached hydrogens (tertiary/aromatic N) is 4. The Bertz CT molecular complexity index is 713. The van der Waals surface area contributed by atoms with Crippen LogP contribution in [0, 0.1) is 0 Å². The minimum atomic E-state index is 0.145. The Morgan fingerprint density at radius 1 is 1.32 bits per heavy atom. The fourth-order valence-electron chi connectivity index (χ4n) is 3.06. The standard InChI is InChI=1S/C19H26N4O2/c1-3-22(12-16-11-20-23(4-2)13-16)19(24)15-21-9-10-25-18-8-6-5-7-17(18)14-21/h5-8,11,13H,3-4,9-10,12,14-15H2,1-2H3. The van der Waals surface area contributed by atoms with Crippen LogP contribution >= 0.6 is 0 Å². The number of carbonyl (C=O) groups is 1. The lowest BCUT2D eigenvalue weighted by Gasteiger charge is -2.25. The molecule has 0 bridgehead atoms. The number of aryl methyl sites for hydroxylation is 1. The van der Waals surface area contributed by atoms with E-state index in [2.05, 4.69) is 23.0 Å². The summed E-state index contributed by atoms with van der Waals surface area (Å²) in [4.78, 5) is 16.8. The zero-order valence-electron chi connectivity index (χ0n) is 15.0. The van der Waals surface area contributed by atoms with Gasteiger partial charge in [0.05, 0.1) is 12.7 Å². The van der Waals surface area contributed by atoms with E-state index in [-0.39, 0.29) is 5.91 Å². The molecule has 1 aromatic heterocycles. The van der Waals surface area contributed by atoms with Gasteiger partial charge in [0.1, 0.15) is 12.4 Å². The van der Waals surface area contributed by atoms with Gasteiger partial charge in [-0.3, -0.25) is 14.4 Å². The predicted octanol–water partition coefficient (Wildman–Crippen LogP) is 2.15. The summed E-state index contributed by atoms with van der Waals surface area (Å²) >= 11 is 0. The van der Waals surface area contributed by atoms with Gasteiger partial charge in [-0.25, -0.2) is 0 Å². The molecule has 6 nitrogen and oxygen atoms in total. The van der Waals surface area contributed by atoms with E-state index in [0.29, 0.717) is 26.2 Å². The average molecular weight is 342 g/mol. The average Bonchev–Trinajstić information content (AvgIpc) is 2.98. The normalized spacial score (nSPS) is 14.5. The molecule has 2 aromatic rings. The van der Waals surface area contributed by atoms with Crippen molar-refractivity contribution >= 4 is 5.91 Å². The smallest absolute Gasteiger partial charge is 0.237 e. The molecule has 0 spiro atoms. The van der Waals surface area contributed by atoms with E-state index < -0.39 is 0 Å². The zero-order valence-corrected chi connectivity index (χ0v) is 15.0. The van der Waals surface area contributed by atoms with Gasteiger partial charge in [-0.15, -0.1) is 0 Å². The molecule has 1 amide bonds. The van der Waals surface area contributed by atoms with E-state index in [1.165, 1.54) is 0 Å². The van der Waals surface area contributed by atoms with E-state index >= 15 is 0 Å².